The van der Waals surface area contributed by atoms with Crippen LogP contribution in [0.3, 0.4) is 0 Å². The highest BCUT2D eigenvalue weighted by Gasteiger charge is 2.31. The summed E-state index contributed by atoms with van der Waals surface area (Å²) in [4.78, 5) is 0. The average Bonchev–Trinajstić information content (AvgIpc) is 2.47. The van der Waals surface area contributed by atoms with E-state index in [4.69, 9.17) is 0 Å². The van der Waals surface area contributed by atoms with E-state index in [0.717, 1.165) is 17.5 Å². The molecule has 2 aromatic rings. The van der Waals surface area contributed by atoms with Crippen molar-refractivity contribution in [2.45, 2.75) is 6.18 Å². The van der Waals surface area contributed by atoms with Gasteiger partial charge in [-0.2, -0.15) is 13.2 Å². The summed E-state index contributed by atoms with van der Waals surface area (Å²) in [7, 11) is 1.72. The quantitative estimate of drug-likeness (QED) is 0.687. The third-order valence-corrected chi connectivity index (χ3v) is 2.94. The van der Waals surface area contributed by atoms with Gasteiger partial charge in [-0.25, -0.2) is 0 Å². The molecule has 1 aromatic heterocycles. The smallest absolute Gasteiger partial charge is 0.351 e. The van der Waals surface area contributed by atoms with E-state index in [9.17, 15) is 13.2 Å². The van der Waals surface area contributed by atoms with E-state index in [1.165, 1.54) is 0 Å². The lowest BCUT2D eigenvalue weighted by molar-refractivity contribution is -0.137. The Balaban J connectivity index is 2.76. The number of aromatic nitrogens is 1. The van der Waals surface area contributed by atoms with E-state index >= 15 is 0 Å². The molecule has 0 unspecified atom stereocenters. The fourth-order valence-electron chi connectivity index (χ4n) is 1.49. The minimum absolute atomic E-state index is 0.466. The number of rotatable bonds is 0. The first-order valence-electron chi connectivity index (χ1n) is 4.21. The van der Waals surface area contributed by atoms with Gasteiger partial charge in [-0.05, 0) is 18.2 Å². The number of hydrogen-bond donors (Lipinski definition) is 0. The first-order chi connectivity index (χ1) is 6.89. The number of aryl methyl sites for hydroxylation is 1. The van der Waals surface area contributed by atoms with E-state index < -0.39 is 11.7 Å². The lowest BCUT2D eigenvalue weighted by Gasteiger charge is -2.08. The highest BCUT2D eigenvalue weighted by atomic mass is 79.9. The van der Waals surface area contributed by atoms with Crippen molar-refractivity contribution in [2.24, 2.45) is 7.05 Å². The second kappa shape index (κ2) is 3.27. The number of halogens is 4. The van der Waals surface area contributed by atoms with Crippen LogP contribution in [0.2, 0.25) is 0 Å². The van der Waals surface area contributed by atoms with Crippen LogP contribution < -0.4 is 0 Å². The summed E-state index contributed by atoms with van der Waals surface area (Å²) in [5.41, 5.74) is -0.0691. The van der Waals surface area contributed by atoms with Crippen LogP contribution in [0, 0.1) is 0 Å². The van der Waals surface area contributed by atoms with E-state index in [1.54, 1.807) is 23.9 Å². The molecule has 0 radical (unpaired) electrons. The van der Waals surface area contributed by atoms with Crippen LogP contribution in [0.15, 0.2) is 28.9 Å². The monoisotopic (exact) mass is 277 g/mol. The van der Waals surface area contributed by atoms with Gasteiger partial charge in [0, 0.05) is 28.6 Å². The molecule has 0 atom stereocenters. The summed E-state index contributed by atoms with van der Waals surface area (Å²) in [5, 5.41) is 0.783. The van der Waals surface area contributed by atoms with Crippen molar-refractivity contribution in [3.05, 3.63) is 34.4 Å². The van der Waals surface area contributed by atoms with Crippen LogP contribution in [0.25, 0.3) is 10.9 Å². The number of hydrogen-bond acceptors (Lipinski definition) is 0. The van der Waals surface area contributed by atoms with Gasteiger partial charge in [-0.3, -0.25) is 0 Å². The molecule has 0 aliphatic rings. The number of nitrogens with zero attached hydrogens (tertiary/aromatic N) is 1. The van der Waals surface area contributed by atoms with Gasteiger partial charge >= 0.3 is 6.18 Å². The first kappa shape index (κ1) is 10.5. The van der Waals surface area contributed by atoms with Gasteiger partial charge in [0.1, 0.15) is 0 Å². The predicted molar refractivity (Wildman–Crippen MR) is 55.6 cm³/mol. The van der Waals surface area contributed by atoms with Gasteiger partial charge in [0.05, 0.1) is 5.56 Å². The second-order valence-electron chi connectivity index (χ2n) is 3.32. The Morgan fingerprint density at radius 2 is 1.93 bits per heavy atom. The molecule has 1 nitrogen and oxygen atoms in total. The third kappa shape index (κ3) is 1.76. The summed E-state index contributed by atoms with van der Waals surface area (Å²) in [5.74, 6) is 0. The molecule has 0 aliphatic heterocycles. The minimum Gasteiger partial charge on any atom is -0.351 e. The summed E-state index contributed by atoms with van der Waals surface area (Å²) in [6.07, 6.45) is -2.57. The fraction of sp³-hybridized carbons (Fsp3) is 0.200. The van der Waals surface area contributed by atoms with Gasteiger partial charge < -0.3 is 4.57 Å². The van der Waals surface area contributed by atoms with E-state index in [1.807, 2.05) is 0 Å². The molecule has 15 heavy (non-hydrogen) atoms. The van der Waals surface area contributed by atoms with Crippen LogP contribution in [0.4, 0.5) is 13.2 Å². The number of benzene rings is 1. The zero-order valence-electron chi connectivity index (χ0n) is 7.77. The van der Waals surface area contributed by atoms with Crippen molar-refractivity contribution in [1.82, 2.24) is 4.57 Å². The molecule has 0 spiro atoms. The van der Waals surface area contributed by atoms with Gasteiger partial charge in [-0.1, -0.05) is 15.9 Å². The van der Waals surface area contributed by atoms with Crippen LogP contribution >= 0.6 is 15.9 Å². The molecule has 2 rings (SSSR count). The molecule has 5 heteroatoms. The van der Waals surface area contributed by atoms with Crippen LogP contribution in [0.5, 0.6) is 0 Å². The Morgan fingerprint density at radius 3 is 2.53 bits per heavy atom. The maximum atomic E-state index is 12.5. The molecule has 0 saturated heterocycles. The first-order valence-corrected chi connectivity index (χ1v) is 5.00. The van der Waals surface area contributed by atoms with Crippen molar-refractivity contribution in [2.75, 3.05) is 0 Å². The zero-order valence-corrected chi connectivity index (χ0v) is 9.35. The van der Waals surface area contributed by atoms with E-state index in [0.29, 0.717) is 9.99 Å². The lowest BCUT2D eigenvalue weighted by Crippen LogP contribution is -2.05. The Hall–Kier alpha value is -0.970. The van der Waals surface area contributed by atoms with Crippen LogP contribution in [0.1, 0.15) is 5.56 Å². The summed E-state index contributed by atoms with van der Waals surface area (Å²) >= 11 is 3.14. The highest BCUT2D eigenvalue weighted by molar-refractivity contribution is 9.10. The SMILES string of the molecule is Cn1ccc2c(Br)cc(C(F)(F)F)cc21. The van der Waals surface area contributed by atoms with Gasteiger partial charge in [0.2, 0.25) is 0 Å². The van der Waals surface area contributed by atoms with Crippen molar-refractivity contribution < 1.29 is 13.2 Å². The average molecular weight is 278 g/mol. The second-order valence-corrected chi connectivity index (χ2v) is 4.17. The van der Waals surface area contributed by atoms with Crippen molar-refractivity contribution in [3.63, 3.8) is 0 Å². The van der Waals surface area contributed by atoms with Crippen molar-refractivity contribution >= 4 is 26.8 Å². The van der Waals surface area contributed by atoms with Gasteiger partial charge in [0.25, 0.3) is 0 Å². The fourth-order valence-corrected chi connectivity index (χ4v) is 2.07. The van der Waals surface area contributed by atoms with Crippen molar-refractivity contribution in [3.8, 4) is 0 Å². The molecule has 0 fully saturated rings. The molecule has 0 bridgehead atoms. The molecule has 0 saturated carbocycles. The van der Waals surface area contributed by atoms with Crippen molar-refractivity contribution in [1.29, 1.82) is 0 Å². The summed E-state index contributed by atoms with van der Waals surface area (Å²) in [6.45, 7) is 0. The minimum atomic E-state index is -4.30. The maximum Gasteiger partial charge on any atom is 0.416 e. The third-order valence-electron chi connectivity index (χ3n) is 2.28. The molecule has 0 amide bonds. The van der Waals surface area contributed by atoms with Crippen LogP contribution in [-0.4, -0.2) is 4.57 Å². The molecule has 1 aromatic carbocycles. The topological polar surface area (TPSA) is 4.93 Å². The van der Waals surface area contributed by atoms with Crippen LogP contribution in [-0.2, 0) is 13.2 Å². The Bertz CT molecular complexity index is 513. The van der Waals surface area contributed by atoms with E-state index in [-0.39, 0.29) is 0 Å². The van der Waals surface area contributed by atoms with Gasteiger partial charge in [-0.15, -0.1) is 0 Å². The summed E-state index contributed by atoms with van der Waals surface area (Å²) < 4.78 is 39.6. The zero-order chi connectivity index (χ0) is 11.2. The van der Waals surface area contributed by atoms with E-state index in [2.05, 4.69) is 15.9 Å². The largest absolute Gasteiger partial charge is 0.416 e. The normalized spacial score (nSPS) is 12.3. The Morgan fingerprint density at radius 1 is 1.27 bits per heavy atom. The molecular weight excluding hydrogens is 271 g/mol. The Kier molecular flexibility index (Phi) is 2.30. The highest BCUT2D eigenvalue weighted by Crippen LogP contribution is 2.35. The predicted octanol–water partition coefficient (Wildman–Crippen LogP) is 3.96. The molecule has 0 aliphatic carbocycles. The maximum absolute atomic E-state index is 12.5. The Labute approximate surface area is 92.6 Å². The number of fused-ring (bicyclic) bond motifs is 1. The van der Waals surface area contributed by atoms with Gasteiger partial charge in [0.15, 0.2) is 0 Å². The molecule has 1 heterocycles. The molecule has 80 valence electrons. The molecular formula is C10H7BrF3N. The lowest BCUT2D eigenvalue weighted by atomic mass is 10.1. The molecule has 0 N–H and O–H groups in total. The summed E-state index contributed by atoms with van der Waals surface area (Å²) in [6, 6.07) is 4.03. The standard InChI is InChI=1S/C10H7BrF3N/c1-15-3-2-7-8(11)4-6(5-9(7)15)10(12,13)14/h2-5H,1H3. The number of alkyl halides is 3.